The van der Waals surface area contributed by atoms with Gasteiger partial charge in [-0.05, 0) is 24.2 Å². The molecule has 2 rings (SSSR count). The molecule has 6 nitrogen and oxygen atoms in total. The minimum atomic E-state index is -0.691. The average Bonchev–Trinajstić information content (AvgIpc) is 2.68. The Morgan fingerprint density at radius 3 is 2.44 bits per heavy atom. The fourth-order valence-corrected chi connectivity index (χ4v) is 3.42. The SMILES string of the molecule is CS[C@H](CC(C)C)NC(=O)C(Cc1ccccc1)NC(=O)c1cnccn1. The van der Waals surface area contributed by atoms with E-state index in [1.165, 1.54) is 18.6 Å². The van der Waals surface area contributed by atoms with E-state index >= 15 is 0 Å². The van der Waals surface area contributed by atoms with Gasteiger partial charge in [0.15, 0.2) is 0 Å². The van der Waals surface area contributed by atoms with Crippen LogP contribution in [-0.2, 0) is 11.2 Å². The maximum absolute atomic E-state index is 12.9. The summed E-state index contributed by atoms with van der Waals surface area (Å²) >= 11 is 1.60. The summed E-state index contributed by atoms with van der Waals surface area (Å²) < 4.78 is 0. The number of thioether (sulfide) groups is 1. The molecule has 0 aliphatic rings. The second-order valence-electron chi connectivity index (χ2n) is 6.67. The van der Waals surface area contributed by atoms with Crippen LogP contribution in [0.4, 0.5) is 0 Å². The maximum atomic E-state index is 12.9. The van der Waals surface area contributed by atoms with E-state index in [-0.39, 0.29) is 17.0 Å². The van der Waals surface area contributed by atoms with E-state index in [4.69, 9.17) is 0 Å². The molecular formula is C20H26N4O2S. The van der Waals surface area contributed by atoms with E-state index < -0.39 is 11.9 Å². The Kier molecular flexibility index (Phi) is 8.26. The predicted octanol–water partition coefficient (Wildman–Crippen LogP) is 2.67. The zero-order valence-corrected chi connectivity index (χ0v) is 16.7. The molecule has 2 amide bonds. The van der Waals surface area contributed by atoms with Crippen LogP contribution >= 0.6 is 11.8 Å². The monoisotopic (exact) mass is 386 g/mol. The second-order valence-corrected chi connectivity index (χ2v) is 7.71. The number of nitrogens with zero attached hydrogens (tertiary/aromatic N) is 2. The lowest BCUT2D eigenvalue weighted by Gasteiger charge is -2.23. The van der Waals surface area contributed by atoms with Gasteiger partial charge in [0, 0.05) is 18.8 Å². The molecule has 144 valence electrons. The second kappa shape index (κ2) is 10.7. The van der Waals surface area contributed by atoms with Gasteiger partial charge in [-0.2, -0.15) is 0 Å². The molecule has 2 N–H and O–H groups in total. The van der Waals surface area contributed by atoms with Crippen LogP contribution in [-0.4, -0.2) is 39.5 Å². The van der Waals surface area contributed by atoms with Crippen LogP contribution in [0.3, 0.4) is 0 Å². The lowest BCUT2D eigenvalue weighted by Crippen LogP contribution is -2.50. The van der Waals surface area contributed by atoms with Crippen LogP contribution in [0.25, 0.3) is 0 Å². The van der Waals surface area contributed by atoms with Crippen LogP contribution in [0.15, 0.2) is 48.9 Å². The molecule has 0 aliphatic heterocycles. The van der Waals surface area contributed by atoms with Crippen LogP contribution in [0.1, 0.15) is 36.3 Å². The maximum Gasteiger partial charge on any atom is 0.272 e. The first kappa shape index (κ1) is 20.9. The van der Waals surface area contributed by atoms with Gasteiger partial charge in [-0.1, -0.05) is 44.2 Å². The number of hydrogen-bond acceptors (Lipinski definition) is 5. The molecule has 1 unspecified atom stereocenters. The molecule has 27 heavy (non-hydrogen) atoms. The molecule has 1 aromatic carbocycles. The third-order valence-corrected chi connectivity index (χ3v) is 4.85. The van der Waals surface area contributed by atoms with Crippen molar-refractivity contribution in [1.29, 1.82) is 0 Å². The zero-order chi connectivity index (χ0) is 19.6. The number of carbonyl (C=O) groups is 2. The Labute approximate surface area is 164 Å². The van der Waals surface area contributed by atoms with E-state index in [1.807, 2.05) is 36.6 Å². The van der Waals surface area contributed by atoms with Crippen molar-refractivity contribution in [2.45, 2.75) is 38.1 Å². The average molecular weight is 387 g/mol. The van der Waals surface area contributed by atoms with E-state index in [1.54, 1.807) is 11.8 Å². The van der Waals surface area contributed by atoms with Gasteiger partial charge in [0.1, 0.15) is 11.7 Å². The van der Waals surface area contributed by atoms with Crippen molar-refractivity contribution in [1.82, 2.24) is 20.6 Å². The molecular weight excluding hydrogens is 360 g/mol. The standard InChI is InChI=1S/C20H26N4O2S/c1-14(2)11-18(27-3)24-19(25)16(12-15-7-5-4-6-8-15)23-20(26)17-13-21-9-10-22-17/h4-10,13-14,16,18H,11-12H2,1-3H3,(H,23,26)(H,24,25)/t16?,18-/m1/s1. The topological polar surface area (TPSA) is 84.0 Å². The van der Waals surface area contributed by atoms with Gasteiger partial charge in [-0.15, -0.1) is 11.8 Å². The lowest BCUT2D eigenvalue weighted by atomic mass is 10.0. The van der Waals surface area contributed by atoms with Gasteiger partial charge < -0.3 is 10.6 Å². The molecule has 2 aromatic rings. The highest BCUT2D eigenvalue weighted by Gasteiger charge is 2.24. The Bertz CT molecular complexity index is 725. The number of rotatable bonds is 9. The summed E-state index contributed by atoms with van der Waals surface area (Å²) in [4.78, 5) is 33.3. The van der Waals surface area contributed by atoms with Crippen molar-refractivity contribution in [2.24, 2.45) is 5.92 Å². The molecule has 0 aliphatic carbocycles. The number of hydrogen-bond donors (Lipinski definition) is 2. The summed E-state index contributed by atoms with van der Waals surface area (Å²) in [5.74, 6) is -0.149. The van der Waals surface area contributed by atoms with E-state index in [0.717, 1.165) is 12.0 Å². The van der Waals surface area contributed by atoms with Gasteiger partial charge in [-0.25, -0.2) is 4.98 Å². The summed E-state index contributed by atoms with van der Waals surface area (Å²) in [5, 5.41) is 5.85. The van der Waals surface area contributed by atoms with Crippen molar-refractivity contribution < 1.29 is 9.59 Å². The zero-order valence-electron chi connectivity index (χ0n) is 15.9. The third-order valence-electron chi connectivity index (χ3n) is 3.97. The summed E-state index contributed by atoms with van der Waals surface area (Å²) in [6.07, 6.45) is 7.58. The normalized spacial score (nSPS) is 13.0. The lowest BCUT2D eigenvalue weighted by molar-refractivity contribution is -0.123. The van der Waals surface area contributed by atoms with Crippen LogP contribution in [0, 0.1) is 5.92 Å². The molecule has 0 radical (unpaired) electrons. The molecule has 7 heteroatoms. The summed E-state index contributed by atoms with van der Waals surface area (Å²) in [6, 6.07) is 8.94. The molecule has 0 fully saturated rings. The first-order valence-corrected chi connectivity index (χ1v) is 10.2. The minimum absolute atomic E-state index is 0.00388. The Balaban J connectivity index is 2.13. The molecule has 0 saturated heterocycles. The highest BCUT2D eigenvalue weighted by molar-refractivity contribution is 7.99. The van der Waals surface area contributed by atoms with Gasteiger partial charge in [0.05, 0.1) is 11.6 Å². The fourth-order valence-electron chi connectivity index (χ4n) is 2.61. The smallest absolute Gasteiger partial charge is 0.272 e. The Morgan fingerprint density at radius 2 is 1.85 bits per heavy atom. The molecule has 0 bridgehead atoms. The van der Waals surface area contributed by atoms with Crippen molar-refractivity contribution in [3.05, 3.63) is 60.2 Å². The Morgan fingerprint density at radius 1 is 1.11 bits per heavy atom. The molecule has 2 atom stereocenters. The van der Waals surface area contributed by atoms with Gasteiger partial charge >= 0.3 is 0 Å². The van der Waals surface area contributed by atoms with Crippen molar-refractivity contribution >= 4 is 23.6 Å². The van der Waals surface area contributed by atoms with Crippen LogP contribution < -0.4 is 10.6 Å². The van der Waals surface area contributed by atoms with E-state index in [9.17, 15) is 9.59 Å². The fraction of sp³-hybridized carbons (Fsp3) is 0.400. The molecule has 1 heterocycles. The highest BCUT2D eigenvalue weighted by Crippen LogP contribution is 2.15. The Hall–Kier alpha value is -2.41. The van der Waals surface area contributed by atoms with Crippen molar-refractivity contribution in [3.8, 4) is 0 Å². The summed E-state index contributed by atoms with van der Waals surface area (Å²) in [5.41, 5.74) is 1.16. The van der Waals surface area contributed by atoms with Gasteiger partial charge in [0.25, 0.3) is 5.91 Å². The first-order chi connectivity index (χ1) is 13.0. The minimum Gasteiger partial charge on any atom is -0.343 e. The van der Waals surface area contributed by atoms with E-state index in [0.29, 0.717) is 12.3 Å². The van der Waals surface area contributed by atoms with Crippen LogP contribution in [0.5, 0.6) is 0 Å². The highest BCUT2D eigenvalue weighted by atomic mass is 32.2. The largest absolute Gasteiger partial charge is 0.343 e. The van der Waals surface area contributed by atoms with Gasteiger partial charge in [-0.3, -0.25) is 14.6 Å². The third kappa shape index (κ3) is 7.02. The molecule has 1 aromatic heterocycles. The van der Waals surface area contributed by atoms with E-state index in [2.05, 4.69) is 34.4 Å². The number of amides is 2. The number of aromatic nitrogens is 2. The molecule has 0 spiro atoms. The summed E-state index contributed by atoms with van der Waals surface area (Å²) in [6.45, 7) is 4.24. The predicted molar refractivity (Wildman–Crippen MR) is 108 cm³/mol. The number of carbonyl (C=O) groups excluding carboxylic acids is 2. The van der Waals surface area contributed by atoms with Crippen molar-refractivity contribution in [3.63, 3.8) is 0 Å². The number of nitrogens with one attached hydrogen (secondary N) is 2. The van der Waals surface area contributed by atoms with Gasteiger partial charge in [0.2, 0.25) is 5.91 Å². The molecule has 0 saturated carbocycles. The van der Waals surface area contributed by atoms with Crippen LogP contribution in [0.2, 0.25) is 0 Å². The quantitative estimate of drug-likeness (QED) is 0.647. The summed E-state index contributed by atoms with van der Waals surface area (Å²) in [7, 11) is 0. The van der Waals surface area contributed by atoms with Crippen molar-refractivity contribution in [2.75, 3.05) is 6.26 Å². The first-order valence-electron chi connectivity index (χ1n) is 8.93. The number of benzene rings is 1.